The lowest BCUT2D eigenvalue weighted by molar-refractivity contribution is -0.0324. The van der Waals surface area contributed by atoms with E-state index in [1.807, 2.05) is 12.1 Å². The second-order valence-electron chi connectivity index (χ2n) is 4.90. The second kappa shape index (κ2) is 4.52. The van der Waals surface area contributed by atoms with Gasteiger partial charge in [0.2, 0.25) is 0 Å². The lowest BCUT2D eigenvalue weighted by Crippen LogP contribution is -2.45. The molecule has 1 fully saturated rings. The number of rotatable bonds is 2. The van der Waals surface area contributed by atoms with Crippen LogP contribution in [0.25, 0.3) is 0 Å². The molecule has 88 valence electrons. The molecule has 3 heteroatoms. The van der Waals surface area contributed by atoms with Gasteiger partial charge in [-0.1, -0.05) is 0 Å². The van der Waals surface area contributed by atoms with Crippen molar-refractivity contribution in [3.63, 3.8) is 0 Å². The molecular formula is C13H20N2O. The molecule has 0 saturated carbocycles. The highest BCUT2D eigenvalue weighted by Crippen LogP contribution is 2.32. The van der Waals surface area contributed by atoms with E-state index in [1.54, 1.807) is 12.4 Å². The highest BCUT2D eigenvalue weighted by atomic mass is 16.3. The Labute approximate surface area is 97.1 Å². The molecule has 0 aromatic carbocycles. The molecule has 1 aromatic heterocycles. The zero-order valence-corrected chi connectivity index (χ0v) is 10.1. The minimum atomic E-state index is -0.645. The van der Waals surface area contributed by atoms with Gasteiger partial charge in [0.05, 0.1) is 5.60 Å². The Morgan fingerprint density at radius 3 is 2.31 bits per heavy atom. The molecule has 2 heterocycles. The van der Waals surface area contributed by atoms with Gasteiger partial charge in [-0.25, -0.2) is 0 Å². The summed E-state index contributed by atoms with van der Waals surface area (Å²) in [5.74, 6) is 0. The monoisotopic (exact) mass is 220 g/mol. The van der Waals surface area contributed by atoms with Crippen molar-refractivity contribution >= 4 is 0 Å². The molecule has 1 aliphatic heterocycles. The summed E-state index contributed by atoms with van der Waals surface area (Å²) in [6.07, 6.45) is 5.13. The van der Waals surface area contributed by atoms with Crippen LogP contribution in [0.4, 0.5) is 0 Å². The molecular weight excluding hydrogens is 200 g/mol. The quantitative estimate of drug-likeness (QED) is 0.825. The summed E-state index contributed by atoms with van der Waals surface area (Å²) in [5.41, 5.74) is 0.361. The maximum absolute atomic E-state index is 10.6. The van der Waals surface area contributed by atoms with Crippen molar-refractivity contribution in [2.24, 2.45) is 0 Å². The molecule has 0 amide bonds. The van der Waals surface area contributed by atoms with Crippen LogP contribution in [0.2, 0.25) is 0 Å². The minimum Gasteiger partial charge on any atom is -0.385 e. The van der Waals surface area contributed by atoms with Crippen LogP contribution in [-0.2, 0) is 5.60 Å². The van der Waals surface area contributed by atoms with Crippen LogP contribution in [0, 0.1) is 0 Å². The van der Waals surface area contributed by atoms with Crippen molar-refractivity contribution < 1.29 is 5.11 Å². The van der Waals surface area contributed by atoms with E-state index in [1.165, 1.54) is 0 Å². The van der Waals surface area contributed by atoms with E-state index < -0.39 is 5.60 Å². The molecule has 3 nitrogen and oxygen atoms in total. The van der Waals surface area contributed by atoms with Gasteiger partial charge in [-0.3, -0.25) is 4.98 Å². The van der Waals surface area contributed by atoms with Gasteiger partial charge in [-0.05, 0) is 44.4 Å². The minimum absolute atomic E-state index is 0.571. The number of aliphatic hydroxyl groups is 1. The van der Waals surface area contributed by atoms with E-state index in [2.05, 4.69) is 23.7 Å². The third kappa shape index (κ3) is 2.25. The molecule has 0 aliphatic carbocycles. The Kier molecular flexibility index (Phi) is 3.26. The molecule has 0 bridgehead atoms. The SMILES string of the molecule is CC(C)N1CCC(O)(c2ccncc2)CC1. The number of nitrogens with zero attached hydrogens (tertiary/aromatic N) is 2. The maximum Gasteiger partial charge on any atom is 0.0922 e. The highest BCUT2D eigenvalue weighted by molar-refractivity contribution is 5.20. The van der Waals surface area contributed by atoms with Crippen molar-refractivity contribution in [3.05, 3.63) is 30.1 Å². The summed E-state index contributed by atoms with van der Waals surface area (Å²) in [6.45, 7) is 6.35. The highest BCUT2D eigenvalue weighted by Gasteiger charge is 2.34. The van der Waals surface area contributed by atoms with Crippen LogP contribution in [-0.4, -0.2) is 34.1 Å². The fourth-order valence-electron chi connectivity index (χ4n) is 2.36. The van der Waals surface area contributed by atoms with Gasteiger partial charge in [-0.2, -0.15) is 0 Å². The number of aromatic nitrogens is 1. The maximum atomic E-state index is 10.6. The smallest absolute Gasteiger partial charge is 0.0922 e. The predicted molar refractivity (Wildman–Crippen MR) is 64.1 cm³/mol. The standard InChI is InChI=1S/C13H20N2O/c1-11(2)15-9-5-13(16,6-10-15)12-3-7-14-8-4-12/h3-4,7-8,11,16H,5-6,9-10H2,1-2H3. The van der Waals surface area contributed by atoms with Crippen LogP contribution < -0.4 is 0 Å². The van der Waals surface area contributed by atoms with Crippen LogP contribution in [0.3, 0.4) is 0 Å². The third-order valence-corrected chi connectivity index (χ3v) is 3.57. The van der Waals surface area contributed by atoms with E-state index in [4.69, 9.17) is 0 Å². The average molecular weight is 220 g/mol. The van der Waals surface area contributed by atoms with Crippen molar-refractivity contribution in [2.75, 3.05) is 13.1 Å². The fraction of sp³-hybridized carbons (Fsp3) is 0.615. The Morgan fingerprint density at radius 1 is 1.25 bits per heavy atom. The van der Waals surface area contributed by atoms with Gasteiger partial charge in [0, 0.05) is 31.5 Å². The first-order valence-corrected chi connectivity index (χ1v) is 5.99. The number of hydrogen-bond donors (Lipinski definition) is 1. The molecule has 2 rings (SSSR count). The van der Waals surface area contributed by atoms with E-state index in [9.17, 15) is 5.11 Å². The summed E-state index contributed by atoms with van der Waals surface area (Å²) in [4.78, 5) is 6.41. The topological polar surface area (TPSA) is 36.4 Å². The summed E-state index contributed by atoms with van der Waals surface area (Å²) >= 11 is 0. The van der Waals surface area contributed by atoms with E-state index in [-0.39, 0.29) is 0 Å². The molecule has 1 N–H and O–H groups in total. The summed E-state index contributed by atoms with van der Waals surface area (Å²) in [7, 11) is 0. The molecule has 0 spiro atoms. The van der Waals surface area contributed by atoms with Crippen molar-refractivity contribution in [1.82, 2.24) is 9.88 Å². The molecule has 0 radical (unpaired) electrons. The molecule has 0 atom stereocenters. The summed E-state index contributed by atoms with van der Waals surface area (Å²) in [5, 5.41) is 10.6. The third-order valence-electron chi connectivity index (χ3n) is 3.57. The van der Waals surface area contributed by atoms with Gasteiger partial charge in [-0.15, -0.1) is 0 Å². The number of hydrogen-bond acceptors (Lipinski definition) is 3. The van der Waals surface area contributed by atoms with Crippen molar-refractivity contribution in [1.29, 1.82) is 0 Å². The van der Waals surface area contributed by atoms with Gasteiger partial charge >= 0.3 is 0 Å². The van der Waals surface area contributed by atoms with Crippen LogP contribution in [0.15, 0.2) is 24.5 Å². The lowest BCUT2D eigenvalue weighted by Gasteiger charge is -2.40. The molecule has 1 saturated heterocycles. The van der Waals surface area contributed by atoms with Gasteiger partial charge in [0.25, 0.3) is 0 Å². The lowest BCUT2D eigenvalue weighted by atomic mass is 9.84. The zero-order valence-electron chi connectivity index (χ0n) is 10.1. The Balaban J connectivity index is 2.07. The number of likely N-dealkylation sites (tertiary alicyclic amines) is 1. The van der Waals surface area contributed by atoms with E-state index >= 15 is 0 Å². The van der Waals surface area contributed by atoms with E-state index in [0.717, 1.165) is 31.5 Å². The van der Waals surface area contributed by atoms with Crippen LogP contribution in [0.5, 0.6) is 0 Å². The Hall–Kier alpha value is -0.930. The molecule has 16 heavy (non-hydrogen) atoms. The predicted octanol–water partition coefficient (Wildman–Crippen LogP) is 1.77. The summed E-state index contributed by atoms with van der Waals surface area (Å²) in [6, 6.07) is 4.41. The zero-order chi connectivity index (χ0) is 11.6. The molecule has 0 unspecified atom stereocenters. The van der Waals surface area contributed by atoms with Crippen LogP contribution >= 0.6 is 0 Å². The number of piperidine rings is 1. The number of pyridine rings is 1. The summed E-state index contributed by atoms with van der Waals surface area (Å²) < 4.78 is 0. The van der Waals surface area contributed by atoms with Gasteiger partial charge in [0.1, 0.15) is 0 Å². The average Bonchev–Trinajstić information content (AvgIpc) is 2.31. The first-order chi connectivity index (χ1) is 7.62. The first kappa shape index (κ1) is 11.6. The molecule has 1 aromatic rings. The largest absolute Gasteiger partial charge is 0.385 e. The van der Waals surface area contributed by atoms with Crippen molar-refractivity contribution in [3.8, 4) is 0 Å². The molecule has 1 aliphatic rings. The van der Waals surface area contributed by atoms with Crippen LogP contribution in [0.1, 0.15) is 32.3 Å². The van der Waals surface area contributed by atoms with E-state index in [0.29, 0.717) is 6.04 Å². The second-order valence-corrected chi connectivity index (χ2v) is 4.90. The fourth-order valence-corrected chi connectivity index (χ4v) is 2.36. The van der Waals surface area contributed by atoms with Crippen molar-refractivity contribution in [2.45, 2.75) is 38.3 Å². The first-order valence-electron chi connectivity index (χ1n) is 5.99. The van der Waals surface area contributed by atoms with Gasteiger partial charge < -0.3 is 10.0 Å². The Morgan fingerprint density at radius 2 is 1.81 bits per heavy atom. The van der Waals surface area contributed by atoms with Gasteiger partial charge in [0.15, 0.2) is 0 Å². The Bertz CT molecular complexity index is 329. The normalized spacial score (nSPS) is 21.2.